The van der Waals surface area contributed by atoms with Crippen LogP contribution in [0.15, 0.2) is 66.4 Å². The van der Waals surface area contributed by atoms with Gasteiger partial charge in [0.05, 0.1) is 12.1 Å². The van der Waals surface area contributed by atoms with Crippen molar-refractivity contribution < 1.29 is 19.5 Å². The van der Waals surface area contributed by atoms with Crippen LogP contribution in [0, 0.1) is 13.8 Å². The van der Waals surface area contributed by atoms with Gasteiger partial charge in [0.25, 0.3) is 5.91 Å². The van der Waals surface area contributed by atoms with Crippen molar-refractivity contribution in [3.05, 3.63) is 94.4 Å². The van der Waals surface area contributed by atoms with Crippen molar-refractivity contribution in [2.75, 3.05) is 0 Å². The highest BCUT2D eigenvalue weighted by Crippen LogP contribution is 2.24. The maximum absolute atomic E-state index is 12.8. The number of hydrogen-bond acceptors (Lipinski definition) is 3. The molecule has 3 amide bonds. The molecule has 7 heteroatoms. The van der Waals surface area contributed by atoms with Gasteiger partial charge in [0, 0.05) is 17.1 Å². The zero-order valence-electron chi connectivity index (χ0n) is 17.1. The van der Waals surface area contributed by atoms with Crippen LogP contribution >= 0.6 is 0 Å². The zero-order chi connectivity index (χ0) is 22.1. The molecule has 1 aromatic heterocycles. The molecule has 0 bridgehead atoms. The van der Waals surface area contributed by atoms with Crippen LogP contribution in [0.25, 0.3) is 11.8 Å². The zero-order valence-corrected chi connectivity index (χ0v) is 17.1. The summed E-state index contributed by atoms with van der Waals surface area (Å²) in [6, 6.07) is 17.4. The van der Waals surface area contributed by atoms with Crippen molar-refractivity contribution in [1.29, 1.82) is 0 Å². The second-order valence-electron chi connectivity index (χ2n) is 7.38. The molecular weight excluding hydrogens is 394 g/mol. The quantitative estimate of drug-likeness (QED) is 0.489. The van der Waals surface area contributed by atoms with E-state index >= 15 is 0 Å². The third kappa shape index (κ3) is 3.85. The fourth-order valence-corrected chi connectivity index (χ4v) is 3.72. The molecule has 7 nitrogen and oxygen atoms in total. The van der Waals surface area contributed by atoms with Crippen molar-refractivity contribution in [2.45, 2.75) is 20.4 Å². The van der Waals surface area contributed by atoms with Crippen molar-refractivity contribution in [3.63, 3.8) is 0 Å². The number of carboxylic acid groups (broad SMARTS) is 1. The molecule has 0 radical (unpaired) electrons. The fourth-order valence-electron chi connectivity index (χ4n) is 3.72. The number of aromatic nitrogens is 1. The summed E-state index contributed by atoms with van der Waals surface area (Å²) in [7, 11) is 0. The van der Waals surface area contributed by atoms with Crippen LogP contribution in [0.3, 0.4) is 0 Å². The van der Waals surface area contributed by atoms with E-state index in [1.807, 2.05) is 54.8 Å². The number of aryl methyl sites for hydroxylation is 1. The molecule has 0 unspecified atom stereocenters. The van der Waals surface area contributed by atoms with Gasteiger partial charge in [-0.2, -0.15) is 0 Å². The lowest BCUT2D eigenvalue weighted by Gasteiger charge is -2.11. The Morgan fingerprint density at radius 1 is 1.03 bits per heavy atom. The Bertz CT molecular complexity index is 1210. The van der Waals surface area contributed by atoms with Gasteiger partial charge in [0.1, 0.15) is 5.70 Å². The van der Waals surface area contributed by atoms with Gasteiger partial charge in [0.2, 0.25) is 0 Å². The van der Waals surface area contributed by atoms with E-state index in [4.69, 9.17) is 5.11 Å². The van der Waals surface area contributed by atoms with E-state index < -0.39 is 12.0 Å². The number of aromatic carboxylic acids is 1. The Balaban J connectivity index is 1.62. The topological polar surface area (TPSA) is 91.6 Å². The number of carboxylic acids is 1. The summed E-state index contributed by atoms with van der Waals surface area (Å²) < 4.78 is 1.97. The number of rotatable bonds is 5. The summed E-state index contributed by atoms with van der Waals surface area (Å²) >= 11 is 0. The van der Waals surface area contributed by atoms with Crippen molar-refractivity contribution in [2.24, 2.45) is 0 Å². The van der Waals surface area contributed by atoms with E-state index in [-0.39, 0.29) is 23.7 Å². The van der Waals surface area contributed by atoms with Crippen LogP contribution in [0.1, 0.15) is 32.9 Å². The molecule has 0 saturated carbocycles. The average Bonchev–Trinajstić information content (AvgIpc) is 3.18. The number of benzene rings is 2. The van der Waals surface area contributed by atoms with Crippen LogP contribution in [0.4, 0.5) is 4.79 Å². The van der Waals surface area contributed by atoms with E-state index in [9.17, 15) is 14.4 Å². The third-order valence-electron chi connectivity index (χ3n) is 5.29. The van der Waals surface area contributed by atoms with Gasteiger partial charge in [-0.3, -0.25) is 9.69 Å². The smallest absolute Gasteiger partial charge is 0.335 e. The first kappa shape index (κ1) is 20.2. The minimum Gasteiger partial charge on any atom is -0.478 e. The van der Waals surface area contributed by atoms with Crippen LogP contribution in [0.2, 0.25) is 0 Å². The lowest BCUT2D eigenvalue weighted by atomic mass is 10.2. The van der Waals surface area contributed by atoms with Crippen molar-refractivity contribution >= 4 is 24.0 Å². The van der Waals surface area contributed by atoms with E-state index in [1.54, 1.807) is 30.3 Å². The molecule has 0 aliphatic carbocycles. The largest absolute Gasteiger partial charge is 0.478 e. The molecule has 0 atom stereocenters. The summed E-state index contributed by atoms with van der Waals surface area (Å²) in [5.41, 5.74) is 4.72. The predicted molar refractivity (Wildman–Crippen MR) is 116 cm³/mol. The SMILES string of the molecule is Cc1cc(/C=C2/NC(=O)N(Cc3ccccc3)C2=O)c(C)n1-c1ccc(C(=O)O)cc1. The molecule has 1 aliphatic heterocycles. The van der Waals surface area contributed by atoms with Gasteiger partial charge in [-0.05, 0) is 61.4 Å². The first-order valence-electron chi connectivity index (χ1n) is 9.76. The van der Waals surface area contributed by atoms with Crippen molar-refractivity contribution in [3.8, 4) is 5.69 Å². The molecule has 2 aromatic carbocycles. The molecule has 0 spiro atoms. The Morgan fingerprint density at radius 3 is 2.35 bits per heavy atom. The molecule has 2 heterocycles. The summed E-state index contributed by atoms with van der Waals surface area (Å²) in [5.74, 6) is -1.35. The van der Waals surface area contributed by atoms with Crippen LogP contribution in [-0.4, -0.2) is 32.5 Å². The fraction of sp³-hybridized carbons (Fsp3) is 0.125. The molecule has 1 saturated heterocycles. The number of amides is 3. The first-order chi connectivity index (χ1) is 14.8. The highest BCUT2D eigenvalue weighted by Gasteiger charge is 2.33. The molecule has 3 aromatic rings. The number of imide groups is 1. The Labute approximate surface area is 179 Å². The van der Waals surface area contributed by atoms with Gasteiger partial charge in [-0.15, -0.1) is 0 Å². The van der Waals surface area contributed by atoms with E-state index in [0.29, 0.717) is 0 Å². The Hall–Kier alpha value is -4.13. The number of nitrogens with zero attached hydrogens (tertiary/aromatic N) is 2. The summed E-state index contributed by atoms with van der Waals surface area (Å²) in [6.45, 7) is 4.04. The number of urea groups is 1. The number of carbonyl (C=O) groups excluding carboxylic acids is 2. The number of hydrogen-bond donors (Lipinski definition) is 2. The van der Waals surface area contributed by atoms with Gasteiger partial charge in [0.15, 0.2) is 0 Å². The van der Waals surface area contributed by atoms with E-state index in [1.165, 1.54) is 4.90 Å². The Kier molecular flexibility index (Phi) is 5.17. The number of carbonyl (C=O) groups is 3. The van der Waals surface area contributed by atoms with Crippen LogP contribution < -0.4 is 5.32 Å². The summed E-state index contributed by atoms with van der Waals surface area (Å²) in [4.78, 5) is 37.4. The molecule has 156 valence electrons. The molecule has 1 aliphatic rings. The van der Waals surface area contributed by atoms with Gasteiger partial charge in [-0.1, -0.05) is 30.3 Å². The van der Waals surface area contributed by atoms with E-state index in [2.05, 4.69) is 5.32 Å². The Morgan fingerprint density at radius 2 is 1.71 bits per heavy atom. The highest BCUT2D eigenvalue weighted by molar-refractivity contribution is 6.14. The predicted octanol–water partition coefficient (Wildman–Crippen LogP) is 3.89. The maximum Gasteiger partial charge on any atom is 0.335 e. The monoisotopic (exact) mass is 415 g/mol. The van der Waals surface area contributed by atoms with E-state index in [0.717, 1.165) is 28.2 Å². The summed E-state index contributed by atoms with van der Waals surface area (Å²) in [5, 5.41) is 11.8. The first-order valence-corrected chi connectivity index (χ1v) is 9.76. The normalized spacial score (nSPS) is 14.9. The highest BCUT2D eigenvalue weighted by atomic mass is 16.4. The number of nitrogens with one attached hydrogen (secondary N) is 1. The van der Waals surface area contributed by atoms with Crippen LogP contribution in [0.5, 0.6) is 0 Å². The molecule has 1 fully saturated rings. The minimum atomic E-state index is -0.978. The van der Waals surface area contributed by atoms with Crippen LogP contribution in [-0.2, 0) is 11.3 Å². The lowest BCUT2D eigenvalue weighted by Crippen LogP contribution is -2.30. The standard InChI is InChI=1S/C24H21N3O4/c1-15-12-19(16(2)27(15)20-10-8-18(9-11-20)23(29)30)13-21-22(28)26(24(31)25-21)14-17-6-4-3-5-7-17/h3-13H,14H2,1-2H3,(H,25,31)(H,29,30)/b21-13+. The second-order valence-corrected chi connectivity index (χ2v) is 7.38. The second kappa shape index (κ2) is 7.95. The van der Waals surface area contributed by atoms with Crippen molar-refractivity contribution in [1.82, 2.24) is 14.8 Å². The molecular formula is C24H21N3O4. The third-order valence-corrected chi connectivity index (χ3v) is 5.29. The van der Waals surface area contributed by atoms with Gasteiger partial charge >= 0.3 is 12.0 Å². The average molecular weight is 415 g/mol. The van der Waals surface area contributed by atoms with Gasteiger partial charge in [-0.25, -0.2) is 9.59 Å². The molecule has 31 heavy (non-hydrogen) atoms. The molecule has 2 N–H and O–H groups in total. The lowest BCUT2D eigenvalue weighted by molar-refractivity contribution is -0.123. The maximum atomic E-state index is 12.8. The minimum absolute atomic E-state index is 0.206. The summed E-state index contributed by atoms with van der Waals surface area (Å²) in [6.07, 6.45) is 1.68. The molecule has 4 rings (SSSR count). The van der Waals surface area contributed by atoms with Gasteiger partial charge < -0.3 is 15.0 Å².